The third-order valence-corrected chi connectivity index (χ3v) is 27.1. The molecule has 27 rings (SSSR count). The number of para-hydroxylation sites is 8. The molecule has 21 aromatic rings. The van der Waals surface area contributed by atoms with Crippen LogP contribution in [0.1, 0.15) is 98.3 Å². The van der Waals surface area contributed by atoms with E-state index in [0.29, 0.717) is 101 Å². The highest BCUT2D eigenvalue weighted by Crippen LogP contribution is 2.66. The molecule has 0 fully saturated rings. The Morgan fingerprint density at radius 2 is 0.591 bits per heavy atom. The number of anilines is 6. The smallest absolute Gasteiger partial charge is 0.252 e. The average molecular weight is 1640 g/mol. The van der Waals surface area contributed by atoms with E-state index in [9.17, 15) is 27.4 Å². The highest BCUT2D eigenvalue weighted by molar-refractivity contribution is 7.00. The minimum absolute atomic E-state index is 0.0298. The molecule has 2 aromatic heterocycles. The summed E-state index contributed by atoms with van der Waals surface area (Å²) in [6.07, 6.45) is 0. The summed E-state index contributed by atoms with van der Waals surface area (Å²) < 4.78 is 220. The van der Waals surface area contributed by atoms with Crippen molar-refractivity contribution >= 4 is 101 Å². The van der Waals surface area contributed by atoms with Gasteiger partial charge in [-0.2, -0.15) is 0 Å². The molecule has 0 N–H and O–H groups in total. The highest BCUT2D eigenvalue weighted by atomic mass is 16.5. The molecule has 19 aromatic carbocycles. The zero-order valence-corrected chi connectivity index (χ0v) is 68.6. The van der Waals surface area contributed by atoms with Crippen molar-refractivity contribution in [3.05, 3.63) is 474 Å². The van der Waals surface area contributed by atoms with Crippen LogP contribution in [0, 0.1) is 0 Å². The van der Waals surface area contributed by atoms with E-state index in [-0.39, 0.29) is 89.4 Å². The van der Waals surface area contributed by atoms with E-state index in [1.54, 1.807) is 0 Å². The van der Waals surface area contributed by atoms with Crippen LogP contribution in [0.25, 0.3) is 122 Å². The Hall–Kier alpha value is -16.0. The van der Waals surface area contributed by atoms with Crippen LogP contribution in [0.4, 0.5) is 34.1 Å². The van der Waals surface area contributed by atoms with Gasteiger partial charge in [0.25, 0.3) is 6.71 Å². The number of fused-ring (bicyclic) bond motifs is 28. The molecule has 0 unspecified atom stereocenters. The van der Waals surface area contributed by atoms with Crippen LogP contribution < -0.4 is 35.7 Å². The van der Waals surface area contributed by atoms with Gasteiger partial charge in [-0.1, -0.05) is 348 Å². The Morgan fingerprint density at radius 1 is 0.276 bits per heavy atom. The summed E-state index contributed by atoms with van der Waals surface area (Å²) in [4.78, 5) is 4.01. The van der Waals surface area contributed by atoms with Crippen LogP contribution in [-0.2, 0) is 16.2 Å². The van der Waals surface area contributed by atoms with Crippen LogP contribution in [-0.4, -0.2) is 15.8 Å². The van der Waals surface area contributed by atoms with Gasteiger partial charge in [0.05, 0.1) is 71.7 Å². The van der Waals surface area contributed by atoms with E-state index in [4.69, 9.17) is 9.47 Å². The van der Waals surface area contributed by atoms with E-state index < -0.39 is 132 Å². The molecule has 2 spiro atoms. The summed E-state index contributed by atoms with van der Waals surface area (Å²) in [7, 11) is 0. The number of nitrogens with zero attached hydrogens (tertiary/aromatic N) is 4. The number of ether oxygens (including phenoxy) is 2. The Bertz CT molecular complexity index is 9100. The van der Waals surface area contributed by atoms with Gasteiger partial charge in [-0.3, -0.25) is 0 Å². The second-order valence-electron chi connectivity index (χ2n) is 34.4. The van der Waals surface area contributed by atoms with Crippen molar-refractivity contribution in [3.63, 3.8) is 0 Å². The van der Waals surface area contributed by atoms with Gasteiger partial charge in [0, 0.05) is 100 Å². The molecule has 6 aliphatic rings. The number of hydrogen-bond acceptors (Lipinski definition) is 4. The summed E-state index contributed by atoms with van der Waals surface area (Å²) in [5, 5.41) is -1.11. The lowest BCUT2D eigenvalue weighted by molar-refractivity contribution is 0.436. The first-order chi connectivity index (χ1) is 71.0. The predicted octanol–water partition coefficient (Wildman–Crippen LogP) is 28.9. The SMILES string of the molecule is [2H]c1cc(-n2c3c([2H])c([2H])c([2H])c([2H])c3c3c([2H])c([2H])c([2H])c([2H])c32)c([2H])c2c1B1c3c(cc(C(C)(C)C)cc3N(c3c(-c4ccc5c(c4)C4(c6ccccc6O5)c5ccccc5-c5ccccc54)cccc3-c3ccc4c(c3)C3(c5ccccc5O4)c4ccccc4-c4ccccc43)c3c([2H])c(-n4c5c([2H])c([2H])c([2H])c([2H])c5c5c([2H])c([2H])c([2H])c([2H])c54)cc([2H])c31)N2c1c(-c2ccccc2)cccc1-c1ccccc1. The maximum absolute atomic E-state index is 12.3. The van der Waals surface area contributed by atoms with Gasteiger partial charge in [-0.15, -0.1) is 0 Å². The zero-order chi connectivity index (χ0) is 101. The first-order valence-electron chi connectivity index (χ1n) is 52.7. The molecular weight excluding hydrogens is 1540 g/mol. The van der Waals surface area contributed by atoms with Gasteiger partial charge in [0.15, 0.2) is 0 Å². The number of hydrogen-bond donors (Lipinski definition) is 0. The quantitative estimate of drug-likeness (QED) is 0.142. The van der Waals surface area contributed by atoms with Crippen molar-refractivity contribution in [1.29, 1.82) is 0 Å². The van der Waals surface area contributed by atoms with Crippen LogP contribution in [0.5, 0.6) is 23.0 Å². The lowest BCUT2D eigenvalue weighted by atomic mass is 9.33. The van der Waals surface area contributed by atoms with Crippen molar-refractivity contribution in [1.82, 2.24) is 9.13 Å². The highest BCUT2D eigenvalue weighted by Gasteiger charge is 2.54. The fourth-order valence-electron chi connectivity index (χ4n) is 21.9. The number of aromatic nitrogens is 2. The van der Waals surface area contributed by atoms with E-state index in [2.05, 4.69) is 154 Å². The van der Waals surface area contributed by atoms with E-state index >= 15 is 0 Å². The van der Waals surface area contributed by atoms with Crippen molar-refractivity contribution in [2.45, 2.75) is 37.0 Å². The van der Waals surface area contributed by atoms with Crippen LogP contribution in [0.15, 0.2) is 424 Å². The lowest BCUT2D eigenvalue weighted by Gasteiger charge is -2.46. The molecular formula is C120H79BN4O2. The maximum atomic E-state index is 12.3. The first kappa shape index (κ1) is 54.5. The molecule has 0 amide bonds. The lowest BCUT2D eigenvalue weighted by Crippen LogP contribution is -2.61. The van der Waals surface area contributed by atoms with E-state index in [0.717, 1.165) is 66.8 Å². The minimum Gasteiger partial charge on any atom is -0.457 e. The summed E-state index contributed by atoms with van der Waals surface area (Å²) in [5.41, 5.74) is 14.3. The first-order valence-corrected chi connectivity index (χ1v) is 42.7. The maximum Gasteiger partial charge on any atom is 0.252 e. The van der Waals surface area contributed by atoms with Crippen molar-refractivity contribution in [3.8, 4) is 101 Å². The molecule has 0 radical (unpaired) electrons. The molecule has 2 aliphatic carbocycles. The molecule has 7 heteroatoms. The summed E-state index contributed by atoms with van der Waals surface area (Å²) >= 11 is 0. The minimum atomic E-state index is -1.50. The average Bonchev–Trinajstić information content (AvgIpc) is 1.30. The number of rotatable bonds is 8. The molecule has 4 aliphatic heterocycles. The van der Waals surface area contributed by atoms with Gasteiger partial charge in [-0.05, 0) is 191 Å². The molecule has 0 atom stereocenters. The Labute approximate surface area is 765 Å². The van der Waals surface area contributed by atoms with Crippen LogP contribution in [0.2, 0.25) is 0 Å². The van der Waals surface area contributed by atoms with Gasteiger partial charge in [0.1, 0.15) is 23.0 Å². The standard InChI is InChI=1S/C120H79BN4O2/c1-118(2,3)78-70-109-115-110(71-78)125(108-73-80(123-105-56-26-16-42-91(105)92-43-17-27-57-106(92)123)63-65-102(108)121(115)101-64-62-79(122-103-54-24-14-40-89(103)90-41-15-25-55-104(90)122)72-107(101)124(109)116-81(74-32-6-4-7-33-74)44-30-45-82(116)75-34-8-5-9-35-75)117-83(76-60-66-113-99(68-76)119(97-52-22-28-58-111(97)126-113)93-48-18-10-36-85(93)86-37-11-19-49-94(86)119)46-31-47-84(117)77-61-67-114-100(69-77)120(98-53-23-29-59-112(98)127-114)95-50-20-12-38-87(95)88-39-13-21-51-96(88)120/h4-73H,1-3H3/i14D,15D,16D,17D,24D,25D,26D,27D,40D,41D,42D,43D,54D,55D,56D,57D,64D,65D,72D,73D. The molecule has 6 heterocycles. The second kappa shape index (κ2) is 26.8. The van der Waals surface area contributed by atoms with Gasteiger partial charge < -0.3 is 28.4 Å². The monoisotopic (exact) mass is 1640 g/mol. The van der Waals surface area contributed by atoms with Crippen molar-refractivity contribution in [2.75, 3.05) is 9.80 Å². The normalized spacial score (nSPS) is 16.2. The summed E-state index contributed by atoms with van der Waals surface area (Å²) in [5.74, 6) is 2.44. The topological polar surface area (TPSA) is 34.8 Å². The Kier molecular flexibility index (Phi) is 11.5. The fraction of sp³-hybridized carbons (Fsp3) is 0.0500. The van der Waals surface area contributed by atoms with Gasteiger partial charge in [0.2, 0.25) is 0 Å². The summed E-state index contributed by atoms with van der Waals surface area (Å²) in [6, 6.07) is 88.5. The molecule has 594 valence electrons. The fourth-order valence-corrected chi connectivity index (χ4v) is 21.9. The third-order valence-electron chi connectivity index (χ3n) is 27.1. The van der Waals surface area contributed by atoms with Crippen molar-refractivity contribution in [2.24, 2.45) is 0 Å². The summed E-state index contributed by atoms with van der Waals surface area (Å²) in [6.45, 7) is 4.72. The Morgan fingerprint density at radius 3 is 0.961 bits per heavy atom. The molecule has 127 heavy (non-hydrogen) atoms. The molecule has 0 saturated carbocycles. The number of benzene rings is 19. The predicted molar refractivity (Wildman–Crippen MR) is 524 cm³/mol. The van der Waals surface area contributed by atoms with Crippen molar-refractivity contribution < 1.29 is 36.9 Å². The second-order valence-corrected chi connectivity index (χ2v) is 34.4. The zero-order valence-electron chi connectivity index (χ0n) is 88.6. The molecule has 6 nitrogen and oxygen atoms in total. The van der Waals surface area contributed by atoms with Gasteiger partial charge >= 0.3 is 0 Å². The van der Waals surface area contributed by atoms with Gasteiger partial charge in [-0.25, -0.2) is 0 Å². The largest absolute Gasteiger partial charge is 0.457 e. The van der Waals surface area contributed by atoms with Crippen LogP contribution >= 0.6 is 0 Å². The van der Waals surface area contributed by atoms with E-state index in [1.165, 1.54) is 21.3 Å². The van der Waals surface area contributed by atoms with E-state index in [1.807, 2.05) is 168 Å². The molecule has 0 saturated heterocycles. The third kappa shape index (κ3) is 9.91. The Balaban J connectivity index is 0.855. The molecule has 0 bridgehead atoms. The van der Waals surface area contributed by atoms with Crippen LogP contribution in [0.3, 0.4) is 0 Å².